The third-order valence-corrected chi connectivity index (χ3v) is 5.04. The molecule has 166 valence electrons. The van der Waals surface area contributed by atoms with Crippen LogP contribution < -0.4 is 9.47 Å². The fourth-order valence-corrected chi connectivity index (χ4v) is 2.89. The Labute approximate surface area is 196 Å². The molecule has 0 radical (unpaired) electrons. The van der Waals surface area contributed by atoms with Gasteiger partial charge < -0.3 is 19.3 Å². The number of carbonyl (C=O) groups is 2. The lowest BCUT2D eigenvalue weighted by molar-refractivity contribution is -0.135. The van der Waals surface area contributed by atoms with Crippen LogP contribution in [0, 0.1) is 22.7 Å². The quantitative estimate of drug-likeness (QED) is 0.552. The standard InChI is InChI=1S/C22H20Cl2N4O4/c1-27(21(29)13-31-19-5-3-15(11-25)9-17(19)23)7-8-28(2)22(30)14-32-20-6-4-16(12-26)10-18(20)24/h3-6,9-10H,7-8,13-14H2,1-2H3. The highest BCUT2D eigenvalue weighted by Gasteiger charge is 2.15. The molecule has 0 spiro atoms. The Morgan fingerprint density at radius 3 is 1.50 bits per heavy atom. The number of halogens is 2. The zero-order valence-corrected chi connectivity index (χ0v) is 19.0. The molecule has 10 heteroatoms. The highest BCUT2D eigenvalue weighted by molar-refractivity contribution is 6.32. The van der Waals surface area contributed by atoms with Crippen molar-refractivity contribution in [3.05, 3.63) is 57.6 Å². The molecule has 0 unspecified atom stereocenters. The zero-order valence-electron chi connectivity index (χ0n) is 17.5. The van der Waals surface area contributed by atoms with Crippen molar-refractivity contribution < 1.29 is 19.1 Å². The molecule has 2 aromatic carbocycles. The molecular formula is C22H20Cl2N4O4. The van der Waals surface area contributed by atoms with Crippen molar-refractivity contribution >= 4 is 35.0 Å². The molecule has 0 N–H and O–H groups in total. The van der Waals surface area contributed by atoms with Crippen molar-refractivity contribution in [1.29, 1.82) is 10.5 Å². The molecule has 2 aromatic rings. The van der Waals surface area contributed by atoms with Gasteiger partial charge in [0.05, 0.1) is 33.3 Å². The Balaban J connectivity index is 1.77. The second-order valence-electron chi connectivity index (χ2n) is 6.72. The lowest BCUT2D eigenvalue weighted by Crippen LogP contribution is -2.40. The highest BCUT2D eigenvalue weighted by Crippen LogP contribution is 2.26. The van der Waals surface area contributed by atoms with E-state index in [1.165, 1.54) is 34.1 Å². The van der Waals surface area contributed by atoms with Gasteiger partial charge in [-0.2, -0.15) is 10.5 Å². The Hall–Kier alpha value is -3.46. The number of amides is 2. The lowest BCUT2D eigenvalue weighted by atomic mass is 10.2. The fourth-order valence-electron chi connectivity index (χ4n) is 2.42. The number of ether oxygens (including phenoxy) is 2. The number of hydrogen-bond donors (Lipinski definition) is 0. The molecule has 8 nitrogen and oxygen atoms in total. The lowest BCUT2D eigenvalue weighted by Gasteiger charge is -2.22. The SMILES string of the molecule is CN(CCN(C)C(=O)COc1ccc(C#N)cc1Cl)C(=O)COc1ccc(C#N)cc1Cl. The number of nitriles is 2. The summed E-state index contributed by atoms with van der Waals surface area (Å²) in [6, 6.07) is 13.0. The summed E-state index contributed by atoms with van der Waals surface area (Å²) in [4.78, 5) is 27.4. The number of carbonyl (C=O) groups excluding carboxylic acids is 2. The van der Waals surface area contributed by atoms with Crippen LogP contribution in [0.1, 0.15) is 11.1 Å². The molecule has 2 amide bonds. The molecule has 0 bridgehead atoms. The van der Waals surface area contributed by atoms with Crippen molar-refractivity contribution in [2.45, 2.75) is 0 Å². The molecular weight excluding hydrogens is 455 g/mol. The zero-order chi connectivity index (χ0) is 23.7. The van der Waals surface area contributed by atoms with Crippen LogP contribution in [0.4, 0.5) is 0 Å². The van der Waals surface area contributed by atoms with Gasteiger partial charge in [0.15, 0.2) is 13.2 Å². The van der Waals surface area contributed by atoms with E-state index in [0.717, 1.165) is 0 Å². The number of nitrogens with zero attached hydrogens (tertiary/aromatic N) is 4. The van der Waals surface area contributed by atoms with E-state index in [-0.39, 0.29) is 48.2 Å². The number of likely N-dealkylation sites (N-methyl/N-ethyl adjacent to an activating group) is 2. The highest BCUT2D eigenvalue weighted by atomic mass is 35.5. The van der Waals surface area contributed by atoms with Crippen molar-refractivity contribution in [3.63, 3.8) is 0 Å². The van der Waals surface area contributed by atoms with Gasteiger partial charge in [0.2, 0.25) is 0 Å². The van der Waals surface area contributed by atoms with Gasteiger partial charge in [-0.3, -0.25) is 9.59 Å². The van der Waals surface area contributed by atoms with Gasteiger partial charge in [-0.1, -0.05) is 23.2 Å². The summed E-state index contributed by atoms with van der Waals surface area (Å²) in [6.45, 7) is 0.0898. The Morgan fingerprint density at radius 1 is 0.812 bits per heavy atom. The fraction of sp³-hybridized carbons (Fsp3) is 0.273. The minimum absolute atomic E-state index is 0.236. The maximum atomic E-state index is 12.3. The monoisotopic (exact) mass is 474 g/mol. The Bertz CT molecular complexity index is 993. The smallest absolute Gasteiger partial charge is 0.260 e. The Morgan fingerprint density at radius 2 is 1.19 bits per heavy atom. The first-order valence-corrected chi connectivity index (χ1v) is 10.1. The van der Waals surface area contributed by atoms with Crippen LogP contribution >= 0.6 is 23.2 Å². The normalized spacial score (nSPS) is 9.94. The van der Waals surface area contributed by atoms with Crippen LogP contribution in [0.3, 0.4) is 0 Å². The molecule has 0 saturated heterocycles. The van der Waals surface area contributed by atoms with Crippen molar-refractivity contribution in [2.75, 3.05) is 40.4 Å². The first-order chi connectivity index (χ1) is 15.2. The van der Waals surface area contributed by atoms with Gasteiger partial charge in [-0.25, -0.2) is 0 Å². The van der Waals surface area contributed by atoms with Gasteiger partial charge in [0, 0.05) is 27.2 Å². The third kappa shape index (κ3) is 7.05. The molecule has 0 fully saturated rings. The molecule has 0 heterocycles. The van der Waals surface area contributed by atoms with Crippen LogP contribution in [-0.2, 0) is 9.59 Å². The number of benzene rings is 2. The Kier molecular flexibility index (Phi) is 9.15. The summed E-state index contributed by atoms with van der Waals surface area (Å²) in [5.41, 5.74) is 0.785. The van der Waals surface area contributed by atoms with E-state index in [0.29, 0.717) is 22.6 Å². The van der Waals surface area contributed by atoms with E-state index in [1.54, 1.807) is 26.2 Å². The van der Waals surface area contributed by atoms with E-state index in [2.05, 4.69) is 0 Å². The third-order valence-electron chi connectivity index (χ3n) is 4.45. The molecule has 0 aliphatic carbocycles. The van der Waals surface area contributed by atoms with Crippen LogP contribution in [0.25, 0.3) is 0 Å². The molecule has 0 aliphatic rings. The average Bonchev–Trinajstić information content (AvgIpc) is 2.79. The van der Waals surface area contributed by atoms with Gasteiger partial charge in [0.25, 0.3) is 11.8 Å². The van der Waals surface area contributed by atoms with Crippen LogP contribution in [-0.4, -0.2) is 62.0 Å². The molecule has 32 heavy (non-hydrogen) atoms. The maximum Gasteiger partial charge on any atom is 0.260 e. The van der Waals surface area contributed by atoms with Crippen LogP contribution in [0.15, 0.2) is 36.4 Å². The molecule has 0 aromatic heterocycles. The van der Waals surface area contributed by atoms with Gasteiger partial charge in [-0.15, -0.1) is 0 Å². The van der Waals surface area contributed by atoms with E-state index in [1.807, 2.05) is 12.1 Å². The average molecular weight is 475 g/mol. The molecule has 0 saturated carbocycles. The van der Waals surface area contributed by atoms with Gasteiger partial charge >= 0.3 is 0 Å². The maximum absolute atomic E-state index is 12.3. The topological polar surface area (TPSA) is 107 Å². The molecule has 2 rings (SSSR count). The van der Waals surface area contributed by atoms with E-state index >= 15 is 0 Å². The van der Waals surface area contributed by atoms with Gasteiger partial charge in [-0.05, 0) is 36.4 Å². The molecule has 0 atom stereocenters. The summed E-state index contributed by atoms with van der Waals surface area (Å²) in [5.74, 6) is 0.00966. The van der Waals surface area contributed by atoms with E-state index in [9.17, 15) is 9.59 Å². The summed E-state index contributed by atoms with van der Waals surface area (Å²) in [7, 11) is 3.19. The van der Waals surface area contributed by atoms with E-state index in [4.69, 9.17) is 43.2 Å². The summed E-state index contributed by atoms with van der Waals surface area (Å²) in [6.07, 6.45) is 0. The predicted molar refractivity (Wildman–Crippen MR) is 119 cm³/mol. The number of hydrogen-bond acceptors (Lipinski definition) is 6. The minimum atomic E-state index is -0.299. The number of rotatable bonds is 9. The summed E-state index contributed by atoms with van der Waals surface area (Å²) < 4.78 is 10.8. The van der Waals surface area contributed by atoms with Crippen LogP contribution in [0.2, 0.25) is 10.0 Å². The first-order valence-electron chi connectivity index (χ1n) is 9.38. The van der Waals surface area contributed by atoms with Gasteiger partial charge in [0.1, 0.15) is 11.5 Å². The van der Waals surface area contributed by atoms with E-state index < -0.39 is 0 Å². The van der Waals surface area contributed by atoms with Crippen molar-refractivity contribution in [3.8, 4) is 23.6 Å². The second-order valence-corrected chi connectivity index (χ2v) is 7.54. The van der Waals surface area contributed by atoms with Crippen molar-refractivity contribution in [1.82, 2.24) is 9.80 Å². The summed E-state index contributed by atoms with van der Waals surface area (Å²) in [5, 5.41) is 18.2. The van der Waals surface area contributed by atoms with Crippen LogP contribution in [0.5, 0.6) is 11.5 Å². The minimum Gasteiger partial charge on any atom is -0.482 e. The first kappa shape index (κ1) is 24.8. The second kappa shape index (κ2) is 11.8. The summed E-state index contributed by atoms with van der Waals surface area (Å²) >= 11 is 12.1. The predicted octanol–water partition coefficient (Wildman–Crippen LogP) is 3.11. The largest absolute Gasteiger partial charge is 0.482 e. The van der Waals surface area contributed by atoms with Crippen molar-refractivity contribution in [2.24, 2.45) is 0 Å². The molecule has 0 aliphatic heterocycles.